The number of ether oxygens (including phenoxy) is 1. The zero-order valence-electron chi connectivity index (χ0n) is 12.9. The first-order valence-corrected chi connectivity index (χ1v) is 7.69. The predicted octanol–water partition coefficient (Wildman–Crippen LogP) is 2.11. The van der Waals surface area contributed by atoms with Gasteiger partial charge in [-0.2, -0.15) is 0 Å². The van der Waals surface area contributed by atoms with Gasteiger partial charge in [-0.15, -0.1) is 0 Å². The number of para-hydroxylation sites is 2. The molecule has 1 unspecified atom stereocenters. The topological polar surface area (TPSA) is 54.9 Å². The Morgan fingerprint density at radius 1 is 1.14 bits per heavy atom. The molecule has 2 N–H and O–H groups in total. The van der Waals surface area contributed by atoms with Crippen LogP contribution in [-0.4, -0.2) is 44.7 Å². The number of hydrogen-bond donors (Lipinski definition) is 1. The lowest BCUT2D eigenvalue weighted by Crippen LogP contribution is -2.49. The Labute approximate surface area is 131 Å². The third-order valence-electron chi connectivity index (χ3n) is 4.28. The monoisotopic (exact) mass is 301 g/mol. The standard InChI is InChI=1S/C17H23N3O2/c1-21-16-6-3-2-5-14(16)19-8-10-20(11-9-19)15(13-18)17-7-4-12-22-17/h2-7,12,15H,8-11,13,18H2,1H3. The van der Waals surface area contributed by atoms with Gasteiger partial charge in [0, 0.05) is 32.7 Å². The van der Waals surface area contributed by atoms with Crippen molar-refractivity contribution in [2.75, 3.05) is 44.7 Å². The van der Waals surface area contributed by atoms with E-state index in [0.29, 0.717) is 6.54 Å². The molecular formula is C17H23N3O2. The summed E-state index contributed by atoms with van der Waals surface area (Å²) in [6, 6.07) is 12.3. The number of hydrogen-bond acceptors (Lipinski definition) is 5. The summed E-state index contributed by atoms with van der Waals surface area (Å²) in [6.07, 6.45) is 1.71. The van der Waals surface area contributed by atoms with Crippen LogP contribution in [0.4, 0.5) is 5.69 Å². The number of methoxy groups -OCH3 is 1. The number of furan rings is 1. The fourth-order valence-electron chi connectivity index (χ4n) is 3.09. The third-order valence-corrected chi connectivity index (χ3v) is 4.28. The van der Waals surface area contributed by atoms with E-state index < -0.39 is 0 Å². The number of piperazine rings is 1. The van der Waals surface area contributed by atoms with E-state index in [1.54, 1.807) is 13.4 Å². The quantitative estimate of drug-likeness (QED) is 0.916. The summed E-state index contributed by atoms with van der Waals surface area (Å²) in [4.78, 5) is 4.76. The second-order valence-electron chi connectivity index (χ2n) is 5.46. The van der Waals surface area contributed by atoms with Crippen LogP contribution in [0.1, 0.15) is 11.8 Å². The molecule has 1 aliphatic heterocycles. The van der Waals surface area contributed by atoms with Gasteiger partial charge >= 0.3 is 0 Å². The van der Waals surface area contributed by atoms with Crippen LogP contribution in [0.2, 0.25) is 0 Å². The van der Waals surface area contributed by atoms with E-state index in [-0.39, 0.29) is 6.04 Å². The van der Waals surface area contributed by atoms with Crippen molar-refractivity contribution >= 4 is 5.69 Å². The Kier molecular flexibility index (Phi) is 4.65. The van der Waals surface area contributed by atoms with Crippen molar-refractivity contribution in [3.63, 3.8) is 0 Å². The first-order valence-electron chi connectivity index (χ1n) is 7.69. The molecule has 1 saturated heterocycles. The van der Waals surface area contributed by atoms with E-state index >= 15 is 0 Å². The number of nitrogens with zero attached hydrogens (tertiary/aromatic N) is 2. The molecule has 2 aromatic rings. The molecule has 1 fully saturated rings. The van der Waals surface area contributed by atoms with Crippen LogP contribution in [0.25, 0.3) is 0 Å². The van der Waals surface area contributed by atoms with Crippen molar-refractivity contribution in [1.82, 2.24) is 4.90 Å². The average molecular weight is 301 g/mol. The highest BCUT2D eigenvalue weighted by molar-refractivity contribution is 5.58. The highest BCUT2D eigenvalue weighted by Gasteiger charge is 2.26. The maximum absolute atomic E-state index is 5.95. The van der Waals surface area contributed by atoms with Gasteiger partial charge in [-0.05, 0) is 24.3 Å². The van der Waals surface area contributed by atoms with Gasteiger partial charge < -0.3 is 19.8 Å². The largest absolute Gasteiger partial charge is 0.495 e. The number of anilines is 1. The van der Waals surface area contributed by atoms with Crippen LogP contribution >= 0.6 is 0 Å². The summed E-state index contributed by atoms with van der Waals surface area (Å²) in [6.45, 7) is 4.40. The summed E-state index contributed by atoms with van der Waals surface area (Å²) in [5, 5.41) is 0. The molecule has 1 aromatic heterocycles. The Morgan fingerprint density at radius 3 is 2.55 bits per heavy atom. The molecule has 0 aliphatic carbocycles. The van der Waals surface area contributed by atoms with Gasteiger partial charge in [-0.1, -0.05) is 12.1 Å². The first-order chi connectivity index (χ1) is 10.8. The molecule has 5 heteroatoms. The Balaban J connectivity index is 1.67. The summed E-state index contributed by atoms with van der Waals surface area (Å²) < 4.78 is 11.0. The molecule has 22 heavy (non-hydrogen) atoms. The Morgan fingerprint density at radius 2 is 1.91 bits per heavy atom. The number of nitrogens with two attached hydrogens (primary N) is 1. The Hall–Kier alpha value is -1.98. The second-order valence-corrected chi connectivity index (χ2v) is 5.46. The minimum Gasteiger partial charge on any atom is -0.495 e. The molecule has 0 radical (unpaired) electrons. The molecule has 0 spiro atoms. The van der Waals surface area contributed by atoms with E-state index in [4.69, 9.17) is 14.9 Å². The number of rotatable bonds is 5. The minimum atomic E-state index is 0.162. The summed E-state index contributed by atoms with van der Waals surface area (Å²) in [5.41, 5.74) is 7.11. The molecule has 0 amide bonds. The smallest absolute Gasteiger partial charge is 0.142 e. The van der Waals surface area contributed by atoms with Gasteiger partial charge in [-0.3, -0.25) is 4.90 Å². The zero-order chi connectivity index (χ0) is 15.4. The molecule has 118 valence electrons. The number of benzene rings is 1. The minimum absolute atomic E-state index is 0.162. The molecule has 3 rings (SSSR count). The molecule has 0 saturated carbocycles. The van der Waals surface area contributed by atoms with Crippen LogP contribution in [0, 0.1) is 0 Å². The first kappa shape index (κ1) is 14.9. The Bertz CT molecular complexity index is 577. The van der Waals surface area contributed by atoms with E-state index in [0.717, 1.165) is 43.4 Å². The van der Waals surface area contributed by atoms with E-state index in [9.17, 15) is 0 Å². The van der Waals surface area contributed by atoms with Crippen molar-refractivity contribution in [3.8, 4) is 5.75 Å². The lowest BCUT2D eigenvalue weighted by molar-refractivity contribution is 0.169. The van der Waals surface area contributed by atoms with Crippen molar-refractivity contribution in [1.29, 1.82) is 0 Å². The third kappa shape index (κ3) is 2.96. The average Bonchev–Trinajstić information content (AvgIpc) is 3.10. The molecule has 1 aliphatic rings. The molecular weight excluding hydrogens is 278 g/mol. The zero-order valence-corrected chi connectivity index (χ0v) is 12.9. The lowest BCUT2D eigenvalue weighted by atomic mass is 10.1. The lowest BCUT2D eigenvalue weighted by Gasteiger charge is -2.39. The highest BCUT2D eigenvalue weighted by Crippen LogP contribution is 2.30. The SMILES string of the molecule is COc1ccccc1N1CCN(C(CN)c2ccco2)CC1. The van der Waals surface area contributed by atoms with E-state index in [2.05, 4.69) is 21.9 Å². The van der Waals surface area contributed by atoms with Gasteiger partial charge in [-0.25, -0.2) is 0 Å². The molecule has 5 nitrogen and oxygen atoms in total. The molecule has 2 heterocycles. The van der Waals surface area contributed by atoms with E-state index in [1.807, 2.05) is 24.3 Å². The van der Waals surface area contributed by atoms with Crippen molar-refractivity contribution < 1.29 is 9.15 Å². The van der Waals surface area contributed by atoms with Crippen LogP contribution in [0.15, 0.2) is 47.1 Å². The van der Waals surface area contributed by atoms with Gasteiger partial charge in [0.15, 0.2) is 0 Å². The predicted molar refractivity (Wildman–Crippen MR) is 87.3 cm³/mol. The van der Waals surface area contributed by atoms with Crippen LogP contribution in [0.3, 0.4) is 0 Å². The van der Waals surface area contributed by atoms with Crippen molar-refractivity contribution in [2.24, 2.45) is 5.73 Å². The summed E-state index contributed by atoms with van der Waals surface area (Å²) in [5.74, 6) is 1.88. The van der Waals surface area contributed by atoms with Crippen LogP contribution in [0.5, 0.6) is 5.75 Å². The van der Waals surface area contributed by atoms with Gasteiger partial charge in [0.2, 0.25) is 0 Å². The maximum Gasteiger partial charge on any atom is 0.142 e. The van der Waals surface area contributed by atoms with Crippen LogP contribution in [-0.2, 0) is 0 Å². The summed E-state index contributed by atoms with van der Waals surface area (Å²) >= 11 is 0. The molecule has 1 aromatic carbocycles. The maximum atomic E-state index is 5.95. The second kappa shape index (κ2) is 6.85. The van der Waals surface area contributed by atoms with E-state index in [1.165, 1.54) is 0 Å². The highest BCUT2D eigenvalue weighted by atomic mass is 16.5. The molecule has 1 atom stereocenters. The fraction of sp³-hybridized carbons (Fsp3) is 0.412. The summed E-state index contributed by atoms with van der Waals surface area (Å²) in [7, 11) is 1.72. The van der Waals surface area contributed by atoms with Gasteiger partial charge in [0.25, 0.3) is 0 Å². The van der Waals surface area contributed by atoms with Crippen molar-refractivity contribution in [2.45, 2.75) is 6.04 Å². The van der Waals surface area contributed by atoms with Gasteiger partial charge in [0.05, 0.1) is 25.1 Å². The van der Waals surface area contributed by atoms with Crippen LogP contribution < -0.4 is 15.4 Å². The molecule has 0 bridgehead atoms. The normalized spacial score (nSPS) is 17.5. The van der Waals surface area contributed by atoms with Gasteiger partial charge in [0.1, 0.15) is 11.5 Å². The van der Waals surface area contributed by atoms with Crippen molar-refractivity contribution in [3.05, 3.63) is 48.4 Å². The fourth-order valence-corrected chi connectivity index (χ4v) is 3.09.